The summed E-state index contributed by atoms with van der Waals surface area (Å²) in [6, 6.07) is 2.81. The van der Waals surface area contributed by atoms with E-state index in [0.717, 1.165) is 0 Å². The summed E-state index contributed by atoms with van der Waals surface area (Å²) in [6.45, 7) is 1.50. The lowest BCUT2D eigenvalue weighted by molar-refractivity contribution is 0.625. The molecule has 12 heavy (non-hydrogen) atoms. The van der Waals surface area contributed by atoms with Gasteiger partial charge in [0.2, 0.25) is 0 Å². The lowest BCUT2D eigenvalue weighted by atomic mass is 10.1. The highest BCUT2D eigenvalue weighted by atomic mass is 79.9. The van der Waals surface area contributed by atoms with Crippen LogP contribution >= 0.6 is 15.9 Å². The van der Waals surface area contributed by atoms with Crippen molar-refractivity contribution in [3.8, 4) is 0 Å². The Hall–Kier alpha value is -0.900. The molecule has 1 aromatic rings. The second-order valence-corrected chi connectivity index (χ2v) is 3.30. The average molecular weight is 231 g/mol. The van der Waals surface area contributed by atoms with E-state index >= 15 is 0 Å². The van der Waals surface area contributed by atoms with Gasteiger partial charge in [-0.1, -0.05) is 0 Å². The molecular weight excluding hydrogens is 223 g/mol. The van der Waals surface area contributed by atoms with Crippen LogP contribution in [0.5, 0.6) is 0 Å². The SMILES string of the molecule is CC(=N)c1c(F)ccc(Br)c1N. The Balaban J connectivity index is 3.43. The fourth-order valence-electron chi connectivity index (χ4n) is 0.949. The maximum absolute atomic E-state index is 13.0. The van der Waals surface area contributed by atoms with Crippen molar-refractivity contribution in [2.75, 3.05) is 5.73 Å². The van der Waals surface area contributed by atoms with Gasteiger partial charge in [-0.3, -0.25) is 0 Å². The predicted molar refractivity (Wildman–Crippen MR) is 51.0 cm³/mol. The third kappa shape index (κ3) is 1.48. The highest BCUT2D eigenvalue weighted by Gasteiger charge is 2.10. The summed E-state index contributed by atoms with van der Waals surface area (Å²) in [5, 5.41) is 7.27. The molecule has 2 nitrogen and oxygen atoms in total. The molecule has 0 heterocycles. The fraction of sp³-hybridized carbons (Fsp3) is 0.125. The van der Waals surface area contributed by atoms with Crippen molar-refractivity contribution in [3.63, 3.8) is 0 Å². The van der Waals surface area contributed by atoms with Crippen LogP contribution in [0, 0.1) is 11.2 Å². The molecule has 4 heteroatoms. The first kappa shape index (κ1) is 9.19. The maximum atomic E-state index is 13.0. The molecule has 0 unspecified atom stereocenters. The summed E-state index contributed by atoms with van der Waals surface area (Å²) < 4.78 is 13.7. The van der Waals surface area contributed by atoms with Crippen molar-refractivity contribution in [1.82, 2.24) is 0 Å². The normalized spacial score (nSPS) is 9.92. The Morgan fingerprint density at radius 1 is 1.58 bits per heavy atom. The summed E-state index contributed by atoms with van der Waals surface area (Å²) in [7, 11) is 0. The van der Waals surface area contributed by atoms with Crippen molar-refractivity contribution in [1.29, 1.82) is 5.41 Å². The van der Waals surface area contributed by atoms with Crippen molar-refractivity contribution < 1.29 is 4.39 Å². The van der Waals surface area contributed by atoms with Gasteiger partial charge < -0.3 is 11.1 Å². The third-order valence-electron chi connectivity index (χ3n) is 1.52. The molecule has 0 bridgehead atoms. The molecule has 0 atom stereocenters. The Morgan fingerprint density at radius 2 is 2.17 bits per heavy atom. The molecule has 0 amide bonds. The lowest BCUT2D eigenvalue weighted by Gasteiger charge is -2.06. The van der Waals surface area contributed by atoms with Crippen LogP contribution in [-0.4, -0.2) is 5.71 Å². The summed E-state index contributed by atoms with van der Waals surface area (Å²) in [6.07, 6.45) is 0. The minimum absolute atomic E-state index is 0.131. The topological polar surface area (TPSA) is 49.9 Å². The quantitative estimate of drug-likeness (QED) is 0.566. The van der Waals surface area contributed by atoms with Crippen LogP contribution in [0.15, 0.2) is 16.6 Å². The molecule has 0 radical (unpaired) electrons. The Kier molecular flexibility index (Phi) is 2.47. The zero-order valence-electron chi connectivity index (χ0n) is 6.49. The molecule has 0 saturated carbocycles. The second-order valence-electron chi connectivity index (χ2n) is 2.44. The molecule has 0 aliphatic heterocycles. The van der Waals surface area contributed by atoms with Crippen molar-refractivity contribution >= 4 is 27.3 Å². The van der Waals surface area contributed by atoms with Gasteiger partial charge in [-0.15, -0.1) is 0 Å². The smallest absolute Gasteiger partial charge is 0.134 e. The minimum atomic E-state index is -0.455. The first-order chi connectivity index (χ1) is 5.54. The number of hydrogen-bond donors (Lipinski definition) is 2. The first-order valence-corrected chi connectivity index (χ1v) is 4.12. The van der Waals surface area contributed by atoms with E-state index in [2.05, 4.69) is 15.9 Å². The van der Waals surface area contributed by atoms with Crippen LogP contribution in [0.3, 0.4) is 0 Å². The predicted octanol–water partition coefficient (Wildman–Crippen LogP) is 2.56. The number of nitrogen functional groups attached to an aromatic ring is 1. The molecule has 0 aromatic heterocycles. The molecule has 64 valence electrons. The van der Waals surface area contributed by atoms with Crippen molar-refractivity contribution in [2.45, 2.75) is 6.92 Å². The highest BCUT2D eigenvalue weighted by molar-refractivity contribution is 9.10. The summed E-state index contributed by atoms with van der Waals surface area (Å²) in [5.74, 6) is -0.455. The number of hydrogen-bond acceptors (Lipinski definition) is 2. The first-order valence-electron chi connectivity index (χ1n) is 3.33. The average Bonchev–Trinajstić information content (AvgIpc) is 1.97. The molecule has 1 aromatic carbocycles. The van der Waals surface area contributed by atoms with Gasteiger partial charge in [0.05, 0.1) is 11.3 Å². The van der Waals surface area contributed by atoms with Gasteiger partial charge >= 0.3 is 0 Å². The zero-order chi connectivity index (χ0) is 9.30. The largest absolute Gasteiger partial charge is 0.397 e. The molecule has 0 fully saturated rings. The number of anilines is 1. The standard InChI is InChI=1S/C8H8BrFN2/c1-4(11)7-6(10)3-2-5(9)8(7)12/h2-3,11H,12H2,1H3. The van der Waals surface area contributed by atoms with E-state index in [0.29, 0.717) is 4.47 Å². The van der Waals surface area contributed by atoms with Crippen LogP contribution in [0.4, 0.5) is 10.1 Å². The van der Waals surface area contributed by atoms with Crippen LogP contribution in [-0.2, 0) is 0 Å². The van der Waals surface area contributed by atoms with E-state index < -0.39 is 5.82 Å². The second kappa shape index (κ2) is 3.23. The maximum Gasteiger partial charge on any atom is 0.134 e. The van der Waals surface area contributed by atoms with Gasteiger partial charge in [-0.2, -0.15) is 0 Å². The molecule has 0 aliphatic carbocycles. The Labute approximate surface area is 78.2 Å². The summed E-state index contributed by atoms with van der Waals surface area (Å²) in [4.78, 5) is 0. The number of halogens is 2. The number of nitrogens with one attached hydrogen (secondary N) is 1. The van der Waals surface area contributed by atoms with Crippen LogP contribution in [0.1, 0.15) is 12.5 Å². The van der Waals surface area contributed by atoms with Crippen LogP contribution in [0.25, 0.3) is 0 Å². The Bertz CT molecular complexity index is 336. The van der Waals surface area contributed by atoms with Gasteiger partial charge in [0.25, 0.3) is 0 Å². The van der Waals surface area contributed by atoms with Gasteiger partial charge in [0, 0.05) is 10.2 Å². The molecule has 1 rings (SSSR count). The van der Waals surface area contributed by atoms with Gasteiger partial charge in [-0.25, -0.2) is 4.39 Å². The van der Waals surface area contributed by atoms with E-state index in [9.17, 15) is 4.39 Å². The Morgan fingerprint density at radius 3 is 2.58 bits per heavy atom. The van der Waals surface area contributed by atoms with E-state index in [4.69, 9.17) is 11.1 Å². The number of nitrogens with two attached hydrogens (primary N) is 1. The molecule has 0 saturated heterocycles. The minimum Gasteiger partial charge on any atom is -0.397 e. The van der Waals surface area contributed by atoms with Gasteiger partial charge in [0.15, 0.2) is 0 Å². The molecule has 3 N–H and O–H groups in total. The lowest BCUT2D eigenvalue weighted by Crippen LogP contribution is -2.03. The van der Waals surface area contributed by atoms with Gasteiger partial charge in [0.1, 0.15) is 5.82 Å². The zero-order valence-corrected chi connectivity index (χ0v) is 8.07. The molecular formula is C8H8BrFN2. The van der Waals surface area contributed by atoms with Crippen LogP contribution < -0.4 is 5.73 Å². The summed E-state index contributed by atoms with van der Waals surface area (Å²) in [5.41, 5.74) is 6.14. The highest BCUT2D eigenvalue weighted by Crippen LogP contribution is 2.25. The summed E-state index contributed by atoms with van der Waals surface area (Å²) >= 11 is 3.16. The monoisotopic (exact) mass is 230 g/mol. The van der Waals surface area contributed by atoms with E-state index in [1.807, 2.05) is 0 Å². The number of benzene rings is 1. The van der Waals surface area contributed by atoms with Crippen LogP contribution in [0.2, 0.25) is 0 Å². The van der Waals surface area contributed by atoms with Crippen molar-refractivity contribution in [2.24, 2.45) is 0 Å². The third-order valence-corrected chi connectivity index (χ3v) is 2.21. The van der Waals surface area contributed by atoms with Crippen molar-refractivity contribution in [3.05, 3.63) is 28.0 Å². The van der Waals surface area contributed by atoms with E-state index in [1.54, 1.807) is 0 Å². The molecule has 0 aliphatic rings. The van der Waals surface area contributed by atoms with Gasteiger partial charge in [-0.05, 0) is 35.0 Å². The van der Waals surface area contributed by atoms with E-state index in [-0.39, 0.29) is 17.0 Å². The van der Waals surface area contributed by atoms with E-state index in [1.165, 1.54) is 19.1 Å². The number of rotatable bonds is 1. The molecule has 0 spiro atoms. The fourth-order valence-corrected chi connectivity index (χ4v) is 1.28.